The van der Waals surface area contributed by atoms with E-state index in [0.29, 0.717) is 5.56 Å². The zero-order valence-electron chi connectivity index (χ0n) is 9.75. The van der Waals surface area contributed by atoms with Crippen LogP contribution in [0.3, 0.4) is 0 Å². The van der Waals surface area contributed by atoms with E-state index >= 15 is 0 Å². The fourth-order valence-electron chi connectivity index (χ4n) is 2.12. The van der Waals surface area contributed by atoms with Crippen molar-refractivity contribution in [2.24, 2.45) is 0 Å². The first-order chi connectivity index (χ1) is 8.69. The fourth-order valence-corrected chi connectivity index (χ4v) is 2.12. The number of ether oxygens (including phenoxy) is 1. The molecule has 0 unspecified atom stereocenters. The Balaban J connectivity index is 2.34. The highest BCUT2D eigenvalue weighted by Crippen LogP contribution is 2.23. The Morgan fingerprint density at radius 2 is 2.06 bits per heavy atom. The highest BCUT2D eigenvalue weighted by molar-refractivity contribution is 5.92. The van der Waals surface area contributed by atoms with Gasteiger partial charge in [-0.2, -0.15) is 0 Å². The van der Waals surface area contributed by atoms with Gasteiger partial charge in [0, 0.05) is 17.1 Å². The van der Waals surface area contributed by atoms with Crippen molar-refractivity contribution >= 4 is 22.4 Å². The van der Waals surface area contributed by atoms with Gasteiger partial charge in [-0.1, -0.05) is 6.07 Å². The van der Waals surface area contributed by atoms with Gasteiger partial charge in [-0.05, 0) is 30.3 Å². The molecule has 0 aliphatic carbocycles. The first-order valence-electron chi connectivity index (χ1n) is 5.51. The maximum Gasteiger partial charge on any atom is 0.337 e. The summed E-state index contributed by atoms with van der Waals surface area (Å²) >= 11 is 0. The molecule has 18 heavy (non-hydrogen) atoms. The molecule has 1 N–H and O–H groups in total. The lowest BCUT2D eigenvalue weighted by Crippen LogP contribution is -1.92. The molecule has 0 atom stereocenters. The quantitative estimate of drug-likeness (QED) is 0.750. The van der Waals surface area contributed by atoms with Crippen LogP contribution in [0.25, 0.3) is 16.4 Å². The highest BCUT2D eigenvalue weighted by Gasteiger charge is 2.08. The topological polar surface area (TPSA) is 50.9 Å². The number of methoxy groups -OCH3 is 1. The number of pyridine rings is 1. The summed E-state index contributed by atoms with van der Waals surface area (Å²) in [6.07, 6.45) is 1.63. The molecule has 0 amide bonds. The largest absolute Gasteiger partial charge is 0.497 e. The number of carbonyl (C=O) groups is 1. The maximum absolute atomic E-state index is 11.0. The lowest BCUT2D eigenvalue weighted by molar-refractivity contribution is 0.0697. The van der Waals surface area contributed by atoms with Crippen molar-refractivity contribution in [2.45, 2.75) is 0 Å². The number of nitrogens with zero attached hydrogens (tertiary/aromatic N) is 1. The summed E-state index contributed by atoms with van der Waals surface area (Å²) in [4.78, 5) is 11.0. The third-order valence-electron chi connectivity index (χ3n) is 3.02. The number of hydrogen-bond donors (Lipinski definition) is 1. The van der Waals surface area contributed by atoms with Crippen LogP contribution in [0.4, 0.5) is 0 Å². The van der Waals surface area contributed by atoms with Gasteiger partial charge >= 0.3 is 5.97 Å². The third-order valence-corrected chi connectivity index (χ3v) is 3.02. The van der Waals surface area contributed by atoms with Crippen LogP contribution in [0.5, 0.6) is 5.75 Å². The van der Waals surface area contributed by atoms with Crippen molar-refractivity contribution in [3.63, 3.8) is 0 Å². The number of rotatable bonds is 2. The molecule has 0 bridgehead atoms. The van der Waals surface area contributed by atoms with Gasteiger partial charge in [0.1, 0.15) is 5.75 Å². The fraction of sp³-hybridized carbons (Fsp3) is 0.0714. The predicted octanol–water partition coefficient (Wildman–Crippen LogP) is 2.80. The smallest absolute Gasteiger partial charge is 0.337 e. The van der Waals surface area contributed by atoms with Crippen LogP contribution >= 0.6 is 0 Å². The molecule has 0 aliphatic heterocycles. The third kappa shape index (κ3) is 1.50. The molecule has 0 radical (unpaired) electrons. The van der Waals surface area contributed by atoms with Crippen LogP contribution in [0.2, 0.25) is 0 Å². The van der Waals surface area contributed by atoms with Crippen molar-refractivity contribution < 1.29 is 14.6 Å². The Labute approximate surface area is 103 Å². The Bertz CT molecular complexity index is 758. The number of benzene rings is 1. The minimum absolute atomic E-state index is 0.290. The van der Waals surface area contributed by atoms with E-state index in [-0.39, 0.29) is 0 Å². The zero-order valence-corrected chi connectivity index (χ0v) is 9.75. The van der Waals surface area contributed by atoms with E-state index in [4.69, 9.17) is 9.84 Å². The van der Waals surface area contributed by atoms with Gasteiger partial charge in [0.25, 0.3) is 0 Å². The van der Waals surface area contributed by atoms with Crippen LogP contribution in [-0.2, 0) is 0 Å². The first-order valence-corrected chi connectivity index (χ1v) is 5.51. The van der Waals surface area contributed by atoms with Crippen LogP contribution in [0.15, 0.2) is 42.6 Å². The first kappa shape index (κ1) is 10.7. The molecular formula is C14H11NO3. The second-order valence-electron chi connectivity index (χ2n) is 4.09. The van der Waals surface area contributed by atoms with E-state index < -0.39 is 5.97 Å². The van der Waals surface area contributed by atoms with Crippen LogP contribution in [0.1, 0.15) is 10.4 Å². The molecule has 3 rings (SSSR count). The molecule has 90 valence electrons. The molecule has 0 spiro atoms. The number of carboxylic acids is 1. The molecule has 4 heteroatoms. The van der Waals surface area contributed by atoms with Gasteiger partial charge in [0.2, 0.25) is 0 Å². The summed E-state index contributed by atoms with van der Waals surface area (Å²) in [5.74, 6) is -0.132. The molecule has 0 saturated carbocycles. The normalized spacial score (nSPS) is 10.9. The van der Waals surface area contributed by atoms with E-state index in [9.17, 15) is 4.79 Å². The average molecular weight is 241 g/mol. The Kier molecular flexibility index (Phi) is 2.23. The van der Waals surface area contributed by atoms with Gasteiger partial charge in [-0.25, -0.2) is 4.79 Å². The van der Waals surface area contributed by atoms with E-state index in [1.807, 2.05) is 34.7 Å². The second-order valence-corrected chi connectivity index (χ2v) is 4.09. The molecular weight excluding hydrogens is 230 g/mol. The molecule has 1 aromatic carbocycles. The molecule has 3 aromatic rings. The second kappa shape index (κ2) is 3.77. The SMILES string of the molecule is COc1ccc2c(ccc3cc(C(=O)O)cn32)c1. The average Bonchev–Trinajstić information content (AvgIpc) is 2.82. The summed E-state index contributed by atoms with van der Waals surface area (Å²) in [6, 6.07) is 11.2. The monoisotopic (exact) mass is 241 g/mol. The van der Waals surface area contributed by atoms with Crippen LogP contribution in [-0.4, -0.2) is 22.6 Å². The van der Waals surface area contributed by atoms with Crippen molar-refractivity contribution in [1.29, 1.82) is 0 Å². The van der Waals surface area contributed by atoms with Gasteiger partial charge < -0.3 is 14.2 Å². The Morgan fingerprint density at radius 3 is 2.78 bits per heavy atom. The van der Waals surface area contributed by atoms with Crippen molar-refractivity contribution in [1.82, 2.24) is 4.40 Å². The number of hydrogen-bond acceptors (Lipinski definition) is 2. The van der Waals surface area contributed by atoms with E-state index in [1.165, 1.54) is 0 Å². The van der Waals surface area contributed by atoms with Gasteiger partial charge in [-0.15, -0.1) is 0 Å². The van der Waals surface area contributed by atoms with E-state index in [1.54, 1.807) is 19.4 Å². The van der Waals surface area contributed by atoms with Gasteiger partial charge in [-0.3, -0.25) is 0 Å². The van der Waals surface area contributed by atoms with Crippen LogP contribution < -0.4 is 4.74 Å². The summed E-state index contributed by atoms with van der Waals surface area (Å²) in [6.45, 7) is 0. The molecule has 2 heterocycles. The minimum atomic E-state index is -0.916. The highest BCUT2D eigenvalue weighted by atomic mass is 16.5. The maximum atomic E-state index is 11.0. The summed E-state index contributed by atoms with van der Waals surface area (Å²) in [7, 11) is 1.62. The number of fused-ring (bicyclic) bond motifs is 3. The van der Waals surface area contributed by atoms with Crippen molar-refractivity contribution in [2.75, 3.05) is 7.11 Å². The Hall–Kier alpha value is -2.49. The lowest BCUT2D eigenvalue weighted by Gasteiger charge is -2.05. The molecule has 0 aliphatic rings. The molecule has 4 nitrogen and oxygen atoms in total. The molecule has 0 fully saturated rings. The summed E-state index contributed by atoms with van der Waals surface area (Å²) in [5, 5.41) is 10.0. The van der Waals surface area contributed by atoms with Crippen molar-refractivity contribution in [3.8, 4) is 5.75 Å². The van der Waals surface area contributed by atoms with Crippen LogP contribution in [0, 0.1) is 0 Å². The number of carboxylic acid groups (broad SMARTS) is 1. The zero-order chi connectivity index (χ0) is 12.7. The number of aromatic carboxylic acids is 1. The van der Waals surface area contributed by atoms with Crippen molar-refractivity contribution in [3.05, 3.63) is 48.2 Å². The summed E-state index contributed by atoms with van der Waals surface area (Å²) in [5.41, 5.74) is 2.11. The summed E-state index contributed by atoms with van der Waals surface area (Å²) < 4.78 is 7.05. The molecule has 0 saturated heterocycles. The predicted molar refractivity (Wildman–Crippen MR) is 68.4 cm³/mol. The standard InChI is InChI=1S/C14H11NO3/c1-18-12-4-5-13-9(7-12)2-3-11-6-10(14(16)17)8-15(11)13/h2-8H,1H3,(H,16,17). The lowest BCUT2D eigenvalue weighted by atomic mass is 10.2. The number of aromatic nitrogens is 1. The molecule has 2 aromatic heterocycles. The minimum Gasteiger partial charge on any atom is -0.497 e. The van der Waals surface area contributed by atoms with Gasteiger partial charge in [0.15, 0.2) is 0 Å². The van der Waals surface area contributed by atoms with Gasteiger partial charge in [0.05, 0.1) is 18.2 Å². The van der Waals surface area contributed by atoms with E-state index in [2.05, 4.69) is 0 Å². The Morgan fingerprint density at radius 1 is 1.22 bits per heavy atom. The van der Waals surface area contributed by atoms with E-state index in [0.717, 1.165) is 22.2 Å².